The van der Waals surface area contributed by atoms with E-state index in [2.05, 4.69) is 0 Å². The van der Waals surface area contributed by atoms with E-state index < -0.39 is 47.8 Å². The maximum atomic E-state index is 11.1. The molecule has 2 aliphatic rings. The van der Waals surface area contributed by atoms with Crippen LogP contribution in [-0.2, 0) is 38.4 Å². The van der Waals surface area contributed by atoms with Crippen molar-refractivity contribution in [3.05, 3.63) is 0 Å². The van der Waals surface area contributed by atoms with Crippen molar-refractivity contribution < 1.29 is 79.2 Å². The number of rotatable bonds is 17. The molecular weight excluding hydrogens is 776 g/mol. The maximum absolute atomic E-state index is 11.1. The molecule has 0 saturated carbocycles. The highest BCUT2D eigenvalue weighted by atomic mass is 16.4. The van der Waals surface area contributed by atoms with Crippen LogP contribution in [0.4, 0.5) is 0 Å². The molecule has 332 valence electrons. The summed E-state index contributed by atoms with van der Waals surface area (Å²) in [6, 6.07) is 0. The van der Waals surface area contributed by atoms with Crippen LogP contribution in [0.3, 0.4) is 0 Å². The Morgan fingerprint density at radius 2 is 0.431 bits per heavy atom. The molecule has 0 aromatic carbocycles. The number of nitrogens with zero attached hydrogens (tertiary/aromatic N) is 8. The van der Waals surface area contributed by atoms with E-state index in [-0.39, 0.29) is 58.8 Å². The van der Waals surface area contributed by atoms with Gasteiger partial charge in [0.2, 0.25) is 0 Å². The second-order valence-corrected chi connectivity index (χ2v) is 14.0. The third-order valence-electron chi connectivity index (χ3n) is 9.23. The van der Waals surface area contributed by atoms with Crippen LogP contribution in [0.25, 0.3) is 0 Å². The van der Waals surface area contributed by atoms with Gasteiger partial charge in [-0.3, -0.25) is 72.7 Å². The summed E-state index contributed by atoms with van der Waals surface area (Å²) in [5.41, 5.74) is 0. The van der Waals surface area contributed by atoms with E-state index >= 15 is 0 Å². The monoisotopic (exact) mass is 836 g/mol. The van der Waals surface area contributed by atoms with Gasteiger partial charge in [-0.25, -0.2) is 0 Å². The lowest BCUT2D eigenvalue weighted by molar-refractivity contribution is -0.140. The lowest BCUT2D eigenvalue weighted by Gasteiger charge is -2.32. The molecule has 0 aliphatic carbocycles. The Morgan fingerprint density at radius 3 is 0.603 bits per heavy atom. The zero-order valence-electron chi connectivity index (χ0n) is 32.8. The van der Waals surface area contributed by atoms with Crippen LogP contribution in [0, 0.1) is 0 Å². The normalized spacial score (nSPS) is 19.4. The maximum Gasteiger partial charge on any atom is 0.317 e. The molecule has 0 unspecified atom stereocenters. The van der Waals surface area contributed by atoms with E-state index in [1.807, 2.05) is 4.90 Å². The summed E-state index contributed by atoms with van der Waals surface area (Å²) in [7, 11) is 0. The van der Waals surface area contributed by atoms with Gasteiger partial charge < -0.3 is 45.8 Å². The zero-order chi connectivity index (χ0) is 43.6. The Kier molecular flexibility index (Phi) is 25.5. The van der Waals surface area contributed by atoms with Gasteiger partial charge in [0.1, 0.15) is 0 Å². The quantitative estimate of drug-likeness (QED) is 0.0690. The average Bonchev–Trinajstić information content (AvgIpc) is 3.10. The first kappa shape index (κ1) is 51.5. The van der Waals surface area contributed by atoms with E-state index in [4.69, 9.17) is 40.9 Å². The fourth-order valence-corrected chi connectivity index (χ4v) is 6.32. The van der Waals surface area contributed by atoms with Gasteiger partial charge in [-0.2, -0.15) is 0 Å². The lowest BCUT2D eigenvalue weighted by Crippen LogP contribution is -2.48. The SMILES string of the molecule is O=C(O)CCN1CCN(CC(=O)O)CCN(CC(=O)O)CCN(CC(=O)O)CC1.O=C(O)CN1CCCN(CC(=O)O)CCN(CC(=O)O)CCN(CC(=O)O)CC1. The summed E-state index contributed by atoms with van der Waals surface area (Å²) in [6.45, 7) is 4.62. The van der Waals surface area contributed by atoms with Crippen molar-refractivity contribution >= 4 is 47.8 Å². The average molecular weight is 837 g/mol. The van der Waals surface area contributed by atoms with Gasteiger partial charge in [-0.15, -0.1) is 0 Å². The van der Waals surface area contributed by atoms with E-state index in [0.29, 0.717) is 111 Å². The van der Waals surface area contributed by atoms with Crippen molar-refractivity contribution in [3.8, 4) is 0 Å². The second-order valence-electron chi connectivity index (χ2n) is 14.0. The molecule has 0 aromatic heterocycles. The van der Waals surface area contributed by atoms with Crippen molar-refractivity contribution in [2.24, 2.45) is 0 Å². The molecular formula is C34H60N8O16. The predicted octanol–water partition coefficient (Wildman–Crippen LogP) is -4.13. The van der Waals surface area contributed by atoms with Gasteiger partial charge in [0.05, 0.1) is 52.2 Å². The second kappa shape index (κ2) is 28.8. The molecule has 0 aromatic rings. The van der Waals surface area contributed by atoms with Crippen molar-refractivity contribution in [1.82, 2.24) is 39.2 Å². The highest BCUT2D eigenvalue weighted by Crippen LogP contribution is 2.04. The first-order valence-electron chi connectivity index (χ1n) is 18.8. The third-order valence-corrected chi connectivity index (χ3v) is 9.23. The van der Waals surface area contributed by atoms with Crippen molar-refractivity contribution in [3.63, 3.8) is 0 Å². The van der Waals surface area contributed by atoms with E-state index in [0.717, 1.165) is 0 Å². The van der Waals surface area contributed by atoms with E-state index in [9.17, 15) is 38.4 Å². The standard InChI is InChI=1S/2C17H30N4O8/c22-14(23)1-2-18-3-5-19(11-15(24)25)7-9-21(13-17(28)29)10-8-20(6-4-18)12-16(26)27;22-14(23)10-18-2-1-3-19(11-15(24)25)5-7-21(13-17(28)29)9-8-20(6-4-18)12-16(26)27/h2*1-13H2,(H,22,23)(H,24,25)(H,26,27)(H,28,29). The molecule has 2 rings (SSSR count). The minimum atomic E-state index is -1.02. The van der Waals surface area contributed by atoms with Crippen LogP contribution in [0.2, 0.25) is 0 Å². The van der Waals surface area contributed by atoms with Gasteiger partial charge in [0.25, 0.3) is 0 Å². The minimum absolute atomic E-state index is 0.0652. The van der Waals surface area contributed by atoms with Crippen LogP contribution in [0.1, 0.15) is 12.8 Å². The largest absolute Gasteiger partial charge is 0.481 e. The number of carbonyl (C=O) groups is 8. The summed E-state index contributed by atoms with van der Waals surface area (Å²) in [5.74, 6) is -7.95. The molecule has 0 radical (unpaired) electrons. The summed E-state index contributed by atoms with van der Waals surface area (Å²) < 4.78 is 0. The van der Waals surface area contributed by atoms with Gasteiger partial charge in [0.15, 0.2) is 0 Å². The van der Waals surface area contributed by atoms with Gasteiger partial charge >= 0.3 is 47.8 Å². The molecule has 0 amide bonds. The highest BCUT2D eigenvalue weighted by Gasteiger charge is 2.22. The topological polar surface area (TPSA) is 324 Å². The van der Waals surface area contributed by atoms with Crippen LogP contribution >= 0.6 is 0 Å². The highest BCUT2D eigenvalue weighted by molar-refractivity contribution is 5.71. The van der Waals surface area contributed by atoms with Crippen molar-refractivity contribution in [2.75, 3.05) is 157 Å². The summed E-state index contributed by atoms with van der Waals surface area (Å²) >= 11 is 0. The van der Waals surface area contributed by atoms with Gasteiger partial charge in [0, 0.05) is 111 Å². The first-order chi connectivity index (χ1) is 27.3. The molecule has 2 heterocycles. The van der Waals surface area contributed by atoms with Crippen LogP contribution in [-0.4, -0.2) is 285 Å². The molecule has 2 saturated heterocycles. The third kappa shape index (κ3) is 27.1. The molecule has 0 atom stereocenters. The number of hydrogen-bond donors (Lipinski definition) is 8. The smallest absolute Gasteiger partial charge is 0.317 e. The van der Waals surface area contributed by atoms with Crippen LogP contribution in [0.15, 0.2) is 0 Å². The number of carboxylic acids is 8. The van der Waals surface area contributed by atoms with Gasteiger partial charge in [-0.05, 0) is 6.42 Å². The predicted molar refractivity (Wildman–Crippen MR) is 202 cm³/mol. The minimum Gasteiger partial charge on any atom is -0.481 e. The number of aliphatic carboxylic acids is 8. The molecule has 8 N–H and O–H groups in total. The Morgan fingerprint density at radius 1 is 0.259 bits per heavy atom. The molecule has 0 spiro atoms. The zero-order valence-corrected chi connectivity index (χ0v) is 32.8. The van der Waals surface area contributed by atoms with Crippen LogP contribution in [0.5, 0.6) is 0 Å². The molecule has 2 fully saturated rings. The number of carboxylic acid groups (broad SMARTS) is 8. The fourth-order valence-electron chi connectivity index (χ4n) is 6.32. The van der Waals surface area contributed by atoms with Crippen LogP contribution < -0.4 is 0 Å². The fraction of sp³-hybridized carbons (Fsp3) is 0.765. The first-order valence-corrected chi connectivity index (χ1v) is 18.8. The van der Waals surface area contributed by atoms with Gasteiger partial charge in [-0.1, -0.05) is 0 Å². The molecule has 24 heteroatoms. The Balaban J connectivity index is 0.000000580. The molecule has 0 bridgehead atoms. The molecule has 58 heavy (non-hydrogen) atoms. The molecule has 24 nitrogen and oxygen atoms in total. The van der Waals surface area contributed by atoms with E-state index in [1.54, 1.807) is 34.3 Å². The molecule has 2 aliphatic heterocycles. The Labute approximate surface area is 336 Å². The number of hydrogen-bond acceptors (Lipinski definition) is 16. The summed E-state index contributed by atoms with van der Waals surface area (Å²) in [5, 5.41) is 72.7. The van der Waals surface area contributed by atoms with Crippen molar-refractivity contribution in [1.29, 1.82) is 0 Å². The lowest BCUT2D eigenvalue weighted by atomic mass is 10.3. The summed E-state index contributed by atoms with van der Waals surface area (Å²) in [4.78, 5) is 102. The Hall–Kier alpha value is -4.56. The van der Waals surface area contributed by atoms with Crippen molar-refractivity contribution in [2.45, 2.75) is 12.8 Å². The Bertz CT molecular complexity index is 1260. The van der Waals surface area contributed by atoms with E-state index in [1.165, 1.54) is 0 Å². The summed E-state index contributed by atoms with van der Waals surface area (Å²) in [6.07, 6.45) is 0.475.